The zero-order valence-electron chi connectivity index (χ0n) is 20.3. The van der Waals surface area contributed by atoms with Gasteiger partial charge in [0, 0.05) is 11.4 Å². The van der Waals surface area contributed by atoms with Crippen molar-refractivity contribution in [3.05, 3.63) is 108 Å². The molecule has 36 heavy (non-hydrogen) atoms. The molecule has 0 aliphatic carbocycles. The predicted octanol–water partition coefficient (Wildman–Crippen LogP) is 6.01. The fraction of sp³-hybridized carbons (Fsp3) is 0.133. The van der Waals surface area contributed by atoms with Crippen LogP contribution in [0.5, 0.6) is 11.5 Å². The van der Waals surface area contributed by atoms with E-state index in [1.807, 2.05) is 111 Å². The van der Waals surface area contributed by atoms with Crippen LogP contribution in [0.15, 0.2) is 97.1 Å². The molecule has 0 unspecified atom stereocenters. The molecule has 2 amide bonds. The van der Waals surface area contributed by atoms with Gasteiger partial charge in [-0.2, -0.15) is 0 Å². The van der Waals surface area contributed by atoms with E-state index in [1.54, 1.807) is 0 Å². The van der Waals surface area contributed by atoms with Crippen LogP contribution in [0.4, 0.5) is 11.4 Å². The zero-order chi connectivity index (χ0) is 25.3. The molecular weight excluding hydrogens is 452 g/mol. The Morgan fingerprint density at radius 3 is 1.19 bits per heavy atom. The molecule has 2 N–H and O–H groups in total. The van der Waals surface area contributed by atoms with Gasteiger partial charge in [-0.15, -0.1) is 0 Å². The molecule has 0 radical (unpaired) electrons. The van der Waals surface area contributed by atoms with Gasteiger partial charge in [0.2, 0.25) is 0 Å². The molecule has 0 saturated carbocycles. The molecule has 4 rings (SSSR count). The monoisotopic (exact) mass is 480 g/mol. The highest BCUT2D eigenvalue weighted by atomic mass is 16.5. The van der Waals surface area contributed by atoms with Crippen LogP contribution in [0.3, 0.4) is 0 Å². The summed E-state index contributed by atoms with van der Waals surface area (Å²) < 4.78 is 11.0. The molecule has 0 fully saturated rings. The minimum atomic E-state index is -0.227. The Morgan fingerprint density at radius 1 is 0.528 bits per heavy atom. The van der Waals surface area contributed by atoms with E-state index >= 15 is 0 Å². The minimum absolute atomic E-state index is 0.0615. The van der Waals surface area contributed by atoms with Crippen LogP contribution in [0.25, 0.3) is 11.1 Å². The first-order valence-electron chi connectivity index (χ1n) is 11.6. The molecule has 6 nitrogen and oxygen atoms in total. The second-order valence-corrected chi connectivity index (χ2v) is 8.45. The Bertz CT molecular complexity index is 1190. The number of carbonyl (C=O) groups is 2. The number of carbonyl (C=O) groups excluding carboxylic acids is 2. The number of ether oxygens (including phenoxy) is 2. The summed E-state index contributed by atoms with van der Waals surface area (Å²) in [5, 5.41) is 5.67. The van der Waals surface area contributed by atoms with Gasteiger partial charge in [-0.1, -0.05) is 59.7 Å². The normalized spacial score (nSPS) is 10.4. The Morgan fingerprint density at radius 2 is 0.861 bits per heavy atom. The SMILES string of the molecule is Cc1ccc(OCC(=O)Nc2ccc(-c3ccc(NC(=O)COc4ccc(C)cc4)cc3)cc2)cc1. The molecule has 4 aromatic carbocycles. The molecular formula is C30H28N2O4. The van der Waals surface area contributed by atoms with Gasteiger partial charge in [-0.05, 0) is 73.5 Å². The lowest BCUT2D eigenvalue weighted by Gasteiger charge is -2.10. The van der Waals surface area contributed by atoms with Crippen LogP contribution in [0.2, 0.25) is 0 Å². The summed E-state index contributed by atoms with van der Waals surface area (Å²) in [4.78, 5) is 24.4. The average molecular weight is 481 g/mol. The number of rotatable bonds is 9. The molecule has 0 bridgehead atoms. The Hall–Kier alpha value is -4.58. The maximum atomic E-state index is 12.2. The lowest BCUT2D eigenvalue weighted by Crippen LogP contribution is -2.20. The highest BCUT2D eigenvalue weighted by molar-refractivity contribution is 5.93. The molecule has 6 heteroatoms. The molecule has 4 aromatic rings. The van der Waals surface area contributed by atoms with Crippen molar-refractivity contribution < 1.29 is 19.1 Å². The van der Waals surface area contributed by atoms with Crippen molar-refractivity contribution >= 4 is 23.2 Å². The standard InChI is InChI=1S/C30H28N2O4/c1-21-3-15-27(16-4-21)35-19-29(33)31-25-11-7-23(8-12-25)24-9-13-26(14-10-24)32-30(34)20-36-28-17-5-22(2)6-18-28/h3-18H,19-20H2,1-2H3,(H,31,33)(H,32,34). The number of benzene rings is 4. The second kappa shape index (κ2) is 11.7. The second-order valence-electron chi connectivity index (χ2n) is 8.45. The summed E-state index contributed by atoms with van der Waals surface area (Å²) in [6.45, 7) is 3.87. The van der Waals surface area contributed by atoms with Crippen LogP contribution >= 0.6 is 0 Å². The van der Waals surface area contributed by atoms with Crippen LogP contribution in [0.1, 0.15) is 11.1 Å². The molecule has 0 aromatic heterocycles. The first-order valence-corrected chi connectivity index (χ1v) is 11.6. The third-order valence-electron chi connectivity index (χ3n) is 5.45. The first-order chi connectivity index (χ1) is 17.4. The van der Waals surface area contributed by atoms with E-state index in [0.717, 1.165) is 22.3 Å². The van der Waals surface area contributed by atoms with E-state index < -0.39 is 0 Å². The van der Waals surface area contributed by atoms with Gasteiger partial charge in [0.1, 0.15) is 11.5 Å². The number of hydrogen-bond donors (Lipinski definition) is 2. The maximum absolute atomic E-state index is 12.2. The fourth-order valence-corrected chi connectivity index (χ4v) is 3.45. The topological polar surface area (TPSA) is 76.7 Å². The summed E-state index contributed by atoms with van der Waals surface area (Å²) in [5.41, 5.74) is 5.63. The van der Waals surface area contributed by atoms with E-state index in [9.17, 15) is 9.59 Å². The van der Waals surface area contributed by atoms with E-state index in [4.69, 9.17) is 9.47 Å². The van der Waals surface area contributed by atoms with Gasteiger partial charge < -0.3 is 20.1 Å². The van der Waals surface area contributed by atoms with Crippen LogP contribution in [-0.4, -0.2) is 25.0 Å². The van der Waals surface area contributed by atoms with E-state index in [2.05, 4.69) is 10.6 Å². The summed E-state index contributed by atoms with van der Waals surface area (Å²) in [7, 11) is 0. The van der Waals surface area contributed by atoms with Crippen molar-refractivity contribution in [1.82, 2.24) is 0 Å². The van der Waals surface area contributed by atoms with Gasteiger partial charge in [0.05, 0.1) is 0 Å². The van der Waals surface area contributed by atoms with Crippen molar-refractivity contribution in [2.75, 3.05) is 23.8 Å². The number of anilines is 2. The smallest absolute Gasteiger partial charge is 0.262 e. The molecule has 182 valence electrons. The van der Waals surface area contributed by atoms with Gasteiger partial charge in [-0.25, -0.2) is 0 Å². The summed E-state index contributed by atoms with van der Waals surface area (Å²) in [6.07, 6.45) is 0. The van der Waals surface area contributed by atoms with E-state index in [0.29, 0.717) is 22.9 Å². The number of hydrogen-bond acceptors (Lipinski definition) is 4. The van der Waals surface area contributed by atoms with Crippen molar-refractivity contribution in [3.8, 4) is 22.6 Å². The first kappa shape index (κ1) is 24.5. The van der Waals surface area contributed by atoms with Gasteiger partial charge in [-0.3, -0.25) is 9.59 Å². The molecule has 0 spiro atoms. The van der Waals surface area contributed by atoms with Crippen molar-refractivity contribution in [1.29, 1.82) is 0 Å². The number of amides is 2. The predicted molar refractivity (Wildman–Crippen MR) is 142 cm³/mol. The quantitative estimate of drug-likeness (QED) is 0.308. The Balaban J connectivity index is 1.25. The summed E-state index contributed by atoms with van der Waals surface area (Å²) in [5.74, 6) is 0.860. The fourth-order valence-electron chi connectivity index (χ4n) is 3.45. The Kier molecular flexibility index (Phi) is 7.98. The molecule has 0 saturated heterocycles. The van der Waals surface area contributed by atoms with Crippen LogP contribution in [-0.2, 0) is 9.59 Å². The van der Waals surface area contributed by atoms with Crippen LogP contribution in [0, 0.1) is 13.8 Å². The molecule has 0 atom stereocenters. The van der Waals surface area contributed by atoms with E-state index in [1.165, 1.54) is 0 Å². The van der Waals surface area contributed by atoms with Crippen molar-refractivity contribution in [2.24, 2.45) is 0 Å². The highest BCUT2D eigenvalue weighted by Gasteiger charge is 2.07. The van der Waals surface area contributed by atoms with Gasteiger partial charge >= 0.3 is 0 Å². The maximum Gasteiger partial charge on any atom is 0.262 e. The van der Waals surface area contributed by atoms with Crippen molar-refractivity contribution in [2.45, 2.75) is 13.8 Å². The summed E-state index contributed by atoms with van der Waals surface area (Å²) in [6, 6.07) is 30.2. The lowest BCUT2D eigenvalue weighted by molar-refractivity contribution is -0.118. The average Bonchev–Trinajstić information content (AvgIpc) is 2.89. The molecule has 0 aliphatic rings. The molecule has 0 aliphatic heterocycles. The number of aryl methyl sites for hydroxylation is 2. The zero-order valence-corrected chi connectivity index (χ0v) is 20.3. The van der Waals surface area contributed by atoms with Crippen LogP contribution < -0.4 is 20.1 Å². The summed E-state index contributed by atoms with van der Waals surface area (Å²) >= 11 is 0. The molecule has 0 heterocycles. The van der Waals surface area contributed by atoms with E-state index in [-0.39, 0.29) is 25.0 Å². The highest BCUT2D eigenvalue weighted by Crippen LogP contribution is 2.23. The third-order valence-corrected chi connectivity index (χ3v) is 5.45. The lowest BCUT2D eigenvalue weighted by atomic mass is 10.0. The van der Waals surface area contributed by atoms with Crippen molar-refractivity contribution in [3.63, 3.8) is 0 Å². The Labute approximate surface area is 210 Å². The largest absolute Gasteiger partial charge is 0.484 e. The minimum Gasteiger partial charge on any atom is -0.484 e. The van der Waals surface area contributed by atoms with Gasteiger partial charge in [0.25, 0.3) is 11.8 Å². The number of nitrogens with one attached hydrogen (secondary N) is 2. The third kappa shape index (κ3) is 7.21. The van der Waals surface area contributed by atoms with Gasteiger partial charge in [0.15, 0.2) is 13.2 Å².